The smallest absolute Gasteiger partial charge is 0.411 e. The van der Waals surface area contributed by atoms with Gasteiger partial charge in [-0.1, -0.05) is 41.9 Å². The molecule has 0 saturated carbocycles. The highest BCUT2D eigenvalue weighted by Crippen LogP contribution is 2.24. The van der Waals surface area contributed by atoms with Crippen molar-refractivity contribution < 1.29 is 14.7 Å². The zero-order chi connectivity index (χ0) is 24.8. The lowest BCUT2D eigenvalue weighted by Gasteiger charge is -2.19. The third-order valence-electron chi connectivity index (χ3n) is 5.24. The largest absolute Gasteiger partial charge is 0.465 e. The minimum absolute atomic E-state index is 0.219. The maximum Gasteiger partial charge on any atom is 0.411 e. The fraction of sp³-hybridized carbons (Fsp3) is 0.115. The van der Waals surface area contributed by atoms with Crippen LogP contribution in [-0.2, 0) is 6.42 Å². The van der Waals surface area contributed by atoms with E-state index < -0.39 is 6.09 Å². The van der Waals surface area contributed by atoms with E-state index in [1.165, 1.54) is 11.1 Å². The molecule has 0 bridgehead atoms. The molecule has 0 saturated heterocycles. The summed E-state index contributed by atoms with van der Waals surface area (Å²) in [6, 6.07) is 19.3. The van der Waals surface area contributed by atoms with Gasteiger partial charge in [0.1, 0.15) is 5.82 Å². The summed E-state index contributed by atoms with van der Waals surface area (Å²) in [5.74, 6) is 0.169. The molecule has 0 aliphatic carbocycles. The number of para-hydroxylation sites is 1. The van der Waals surface area contributed by atoms with E-state index in [1.54, 1.807) is 73.8 Å². The number of nitrogens with zero attached hydrogens (tertiary/aromatic N) is 4. The molecule has 8 nitrogen and oxygen atoms in total. The van der Waals surface area contributed by atoms with Gasteiger partial charge in [0.25, 0.3) is 5.91 Å². The first-order chi connectivity index (χ1) is 16.9. The number of hydrogen-bond acceptors (Lipinski definition) is 5. The van der Waals surface area contributed by atoms with Crippen molar-refractivity contribution in [3.63, 3.8) is 0 Å². The van der Waals surface area contributed by atoms with Gasteiger partial charge >= 0.3 is 6.09 Å². The average molecular weight is 488 g/mol. The topological polar surface area (TPSA) is 108 Å². The normalized spacial score (nSPS) is 10.6. The SMILES string of the molecule is Cc1ncc(C(=O)Nc2ccnc(CCN(C(=O)O)c3ccccc3)c2)c(-c2ccc(Cl)cc2)n1. The lowest BCUT2D eigenvalue weighted by atomic mass is 10.1. The van der Waals surface area contributed by atoms with Gasteiger partial charge in [-0.3, -0.25) is 14.7 Å². The Hall–Kier alpha value is -4.30. The first-order valence-electron chi connectivity index (χ1n) is 10.8. The minimum atomic E-state index is -1.05. The molecule has 4 aromatic rings. The Kier molecular flexibility index (Phi) is 7.32. The second kappa shape index (κ2) is 10.8. The number of halogens is 1. The molecule has 2 amide bonds. The van der Waals surface area contributed by atoms with Crippen molar-refractivity contribution in [3.05, 3.63) is 101 Å². The van der Waals surface area contributed by atoms with Crippen LogP contribution >= 0.6 is 11.6 Å². The predicted molar refractivity (Wildman–Crippen MR) is 135 cm³/mol. The van der Waals surface area contributed by atoms with Gasteiger partial charge in [-0.05, 0) is 43.3 Å². The van der Waals surface area contributed by atoms with Crippen molar-refractivity contribution >= 4 is 35.0 Å². The van der Waals surface area contributed by atoms with Gasteiger partial charge in [0, 0.05) is 53.0 Å². The molecular weight excluding hydrogens is 466 g/mol. The van der Waals surface area contributed by atoms with Gasteiger partial charge in [-0.25, -0.2) is 14.8 Å². The van der Waals surface area contributed by atoms with Crippen LogP contribution in [-0.4, -0.2) is 38.6 Å². The van der Waals surface area contributed by atoms with Gasteiger partial charge < -0.3 is 10.4 Å². The Morgan fingerprint density at radius 1 is 1.03 bits per heavy atom. The number of amides is 2. The molecule has 2 N–H and O–H groups in total. The molecule has 0 radical (unpaired) electrons. The molecule has 9 heteroatoms. The van der Waals surface area contributed by atoms with Crippen molar-refractivity contribution in [2.75, 3.05) is 16.8 Å². The third-order valence-corrected chi connectivity index (χ3v) is 5.49. The summed E-state index contributed by atoms with van der Waals surface area (Å²) in [6.45, 7) is 1.97. The molecule has 2 heterocycles. The van der Waals surface area contributed by atoms with Crippen molar-refractivity contribution in [3.8, 4) is 11.3 Å². The summed E-state index contributed by atoms with van der Waals surface area (Å²) in [6.07, 6.45) is 2.39. The van der Waals surface area contributed by atoms with E-state index in [4.69, 9.17) is 11.6 Å². The van der Waals surface area contributed by atoms with E-state index >= 15 is 0 Å². The van der Waals surface area contributed by atoms with E-state index in [0.29, 0.717) is 45.6 Å². The van der Waals surface area contributed by atoms with E-state index in [0.717, 1.165) is 5.56 Å². The van der Waals surface area contributed by atoms with E-state index in [-0.39, 0.29) is 12.5 Å². The number of carboxylic acid groups (broad SMARTS) is 1. The van der Waals surface area contributed by atoms with E-state index in [1.807, 2.05) is 6.07 Å². The molecule has 2 aromatic heterocycles. The number of rotatable bonds is 7. The lowest BCUT2D eigenvalue weighted by molar-refractivity contribution is 0.102. The van der Waals surface area contributed by atoms with Gasteiger partial charge in [0.2, 0.25) is 0 Å². The molecule has 0 fully saturated rings. The van der Waals surface area contributed by atoms with E-state index in [9.17, 15) is 14.7 Å². The van der Waals surface area contributed by atoms with Crippen LogP contribution in [0.1, 0.15) is 21.9 Å². The molecule has 0 aliphatic rings. The van der Waals surface area contributed by atoms with Crippen LogP contribution in [0.4, 0.5) is 16.2 Å². The number of pyridine rings is 1. The van der Waals surface area contributed by atoms with Gasteiger partial charge in [0.15, 0.2) is 0 Å². The number of aromatic nitrogens is 3. The molecular formula is C26H22ClN5O3. The number of benzene rings is 2. The maximum atomic E-state index is 13.1. The molecule has 35 heavy (non-hydrogen) atoms. The second-order valence-electron chi connectivity index (χ2n) is 7.70. The van der Waals surface area contributed by atoms with Crippen LogP contribution in [0.2, 0.25) is 5.02 Å². The first-order valence-corrected chi connectivity index (χ1v) is 11.2. The number of aryl methyl sites for hydroxylation is 1. The molecule has 176 valence electrons. The van der Waals surface area contributed by atoms with Crippen LogP contribution in [0.15, 0.2) is 79.1 Å². The van der Waals surface area contributed by atoms with Crippen LogP contribution in [0.25, 0.3) is 11.3 Å². The molecule has 0 unspecified atom stereocenters. The summed E-state index contributed by atoms with van der Waals surface area (Å²) in [5.41, 5.74) is 3.32. The van der Waals surface area contributed by atoms with Crippen molar-refractivity contribution in [2.45, 2.75) is 13.3 Å². The zero-order valence-corrected chi connectivity index (χ0v) is 19.6. The summed E-state index contributed by atoms with van der Waals surface area (Å²) in [7, 11) is 0. The first kappa shape index (κ1) is 23.8. The minimum Gasteiger partial charge on any atom is -0.465 e. The molecule has 0 aliphatic heterocycles. The van der Waals surface area contributed by atoms with E-state index in [2.05, 4.69) is 20.3 Å². The fourth-order valence-corrected chi connectivity index (χ4v) is 3.65. The Balaban J connectivity index is 1.51. The summed E-state index contributed by atoms with van der Waals surface area (Å²) < 4.78 is 0. The number of nitrogens with one attached hydrogen (secondary N) is 1. The third kappa shape index (κ3) is 5.99. The number of hydrogen-bond donors (Lipinski definition) is 2. The molecule has 0 atom stereocenters. The second-order valence-corrected chi connectivity index (χ2v) is 8.13. The highest BCUT2D eigenvalue weighted by atomic mass is 35.5. The Bertz CT molecular complexity index is 1350. The molecule has 0 spiro atoms. The maximum absolute atomic E-state index is 13.1. The van der Waals surface area contributed by atoms with Crippen molar-refractivity contribution in [1.29, 1.82) is 0 Å². The van der Waals surface area contributed by atoms with Crippen LogP contribution in [0, 0.1) is 6.92 Å². The number of carbonyl (C=O) groups excluding carboxylic acids is 1. The standard InChI is InChI=1S/C26H22ClN5O3/c1-17-29-16-23(24(30-17)18-7-9-19(27)10-8-18)25(33)31-21-11-13-28-20(15-21)12-14-32(26(34)35)22-5-3-2-4-6-22/h2-11,13,15-16H,12,14H2,1H3,(H,34,35)(H,28,31,33). The highest BCUT2D eigenvalue weighted by molar-refractivity contribution is 6.30. The summed E-state index contributed by atoms with van der Waals surface area (Å²) in [5, 5.41) is 13.0. The monoisotopic (exact) mass is 487 g/mol. The molecule has 2 aromatic carbocycles. The summed E-state index contributed by atoms with van der Waals surface area (Å²) >= 11 is 6.00. The Labute approximate surface area is 207 Å². The zero-order valence-electron chi connectivity index (χ0n) is 18.9. The number of anilines is 2. The fourth-order valence-electron chi connectivity index (χ4n) is 3.52. The Morgan fingerprint density at radius 3 is 2.49 bits per heavy atom. The van der Waals surface area contributed by atoms with Gasteiger partial charge in [-0.15, -0.1) is 0 Å². The number of carbonyl (C=O) groups is 2. The summed E-state index contributed by atoms with van der Waals surface area (Å²) in [4.78, 5) is 39.1. The van der Waals surface area contributed by atoms with Crippen LogP contribution < -0.4 is 10.2 Å². The van der Waals surface area contributed by atoms with Crippen molar-refractivity contribution in [1.82, 2.24) is 15.0 Å². The van der Waals surface area contributed by atoms with Gasteiger partial charge in [0.05, 0.1) is 11.3 Å². The van der Waals surface area contributed by atoms with Gasteiger partial charge in [-0.2, -0.15) is 0 Å². The highest BCUT2D eigenvalue weighted by Gasteiger charge is 2.17. The average Bonchev–Trinajstić information content (AvgIpc) is 2.85. The van der Waals surface area contributed by atoms with Crippen LogP contribution in [0.5, 0.6) is 0 Å². The quantitative estimate of drug-likeness (QED) is 0.357. The van der Waals surface area contributed by atoms with Crippen molar-refractivity contribution in [2.24, 2.45) is 0 Å². The van der Waals surface area contributed by atoms with Crippen LogP contribution in [0.3, 0.4) is 0 Å². The lowest BCUT2D eigenvalue weighted by Crippen LogP contribution is -2.31. The molecule has 4 rings (SSSR count). The Morgan fingerprint density at radius 2 is 1.77 bits per heavy atom. The predicted octanol–water partition coefficient (Wildman–Crippen LogP) is 5.48.